The predicted molar refractivity (Wildman–Crippen MR) is 72.0 cm³/mol. The lowest BCUT2D eigenvalue weighted by Crippen LogP contribution is -2.37. The zero-order valence-electron chi connectivity index (χ0n) is 11.1. The first-order valence-electron chi connectivity index (χ1n) is 6.75. The van der Waals surface area contributed by atoms with Gasteiger partial charge < -0.3 is 10.6 Å². The van der Waals surface area contributed by atoms with E-state index in [1.54, 1.807) is 6.07 Å². The number of rotatable bonds is 2. The molecule has 0 aromatic carbocycles. The van der Waals surface area contributed by atoms with Crippen molar-refractivity contribution in [1.29, 1.82) is 0 Å². The minimum atomic E-state index is -0.534. The Kier molecular flexibility index (Phi) is 3.10. The molecule has 2 aliphatic heterocycles. The van der Waals surface area contributed by atoms with Gasteiger partial charge in [-0.1, -0.05) is 0 Å². The maximum atomic E-state index is 11.0. The van der Waals surface area contributed by atoms with E-state index in [-0.39, 0.29) is 5.69 Å². The van der Waals surface area contributed by atoms with Crippen molar-refractivity contribution in [3.63, 3.8) is 0 Å². The van der Waals surface area contributed by atoms with Crippen molar-refractivity contribution in [2.75, 3.05) is 25.0 Å². The number of hydrogen-bond acceptors (Lipinski definition) is 5. The van der Waals surface area contributed by atoms with Gasteiger partial charge in [-0.2, -0.15) is 0 Å². The van der Waals surface area contributed by atoms with Crippen LogP contribution in [-0.2, 0) is 0 Å². The lowest BCUT2D eigenvalue weighted by atomic mass is 10.1. The van der Waals surface area contributed by atoms with E-state index in [1.807, 2.05) is 6.07 Å². The second-order valence-electron chi connectivity index (χ2n) is 5.43. The molecule has 0 radical (unpaired) electrons. The SMILES string of the molecule is CN1C2CCC1CN(c1ccc(C(N)=O)nn1)CC2. The first-order chi connectivity index (χ1) is 9.15. The summed E-state index contributed by atoms with van der Waals surface area (Å²) in [4.78, 5) is 15.7. The minimum Gasteiger partial charge on any atom is -0.364 e. The third kappa shape index (κ3) is 2.28. The molecule has 2 atom stereocenters. The average molecular weight is 261 g/mol. The summed E-state index contributed by atoms with van der Waals surface area (Å²) < 4.78 is 0. The number of fused-ring (bicyclic) bond motifs is 2. The van der Waals surface area contributed by atoms with Gasteiger partial charge in [0.05, 0.1) is 0 Å². The van der Waals surface area contributed by atoms with Crippen LogP contribution in [0.3, 0.4) is 0 Å². The Morgan fingerprint density at radius 2 is 2.05 bits per heavy atom. The van der Waals surface area contributed by atoms with Crippen molar-refractivity contribution < 1.29 is 4.79 Å². The Bertz CT molecular complexity index is 474. The van der Waals surface area contributed by atoms with Crippen LogP contribution in [-0.4, -0.2) is 53.2 Å². The number of aromatic nitrogens is 2. The largest absolute Gasteiger partial charge is 0.364 e. The van der Waals surface area contributed by atoms with Crippen LogP contribution in [0, 0.1) is 0 Å². The monoisotopic (exact) mass is 261 g/mol. The van der Waals surface area contributed by atoms with Crippen LogP contribution >= 0.6 is 0 Å². The quantitative estimate of drug-likeness (QED) is 0.826. The molecule has 0 spiro atoms. The topological polar surface area (TPSA) is 75.3 Å². The lowest BCUT2D eigenvalue weighted by Gasteiger charge is -2.26. The molecule has 2 fully saturated rings. The first kappa shape index (κ1) is 12.3. The predicted octanol–water partition coefficient (Wildman–Crippen LogP) is 0.248. The lowest BCUT2D eigenvalue weighted by molar-refractivity contribution is 0.0994. The molecule has 0 aliphatic carbocycles. The van der Waals surface area contributed by atoms with E-state index in [0.29, 0.717) is 12.1 Å². The number of nitrogens with zero attached hydrogens (tertiary/aromatic N) is 4. The fraction of sp³-hybridized carbons (Fsp3) is 0.615. The fourth-order valence-corrected chi connectivity index (χ4v) is 3.14. The summed E-state index contributed by atoms with van der Waals surface area (Å²) in [6, 6.07) is 4.79. The molecule has 1 aromatic heterocycles. The Hall–Kier alpha value is -1.69. The second kappa shape index (κ2) is 4.77. The van der Waals surface area contributed by atoms with Gasteiger partial charge >= 0.3 is 0 Å². The summed E-state index contributed by atoms with van der Waals surface area (Å²) in [5.41, 5.74) is 5.39. The smallest absolute Gasteiger partial charge is 0.269 e. The molecule has 102 valence electrons. The molecule has 2 aliphatic rings. The van der Waals surface area contributed by atoms with Gasteiger partial charge in [0, 0.05) is 25.2 Å². The highest BCUT2D eigenvalue weighted by Gasteiger charge is 2.34. The highest BCUT2D eigenvalue weighted by Crippen LogP contribution is 2.29. The van der Waals surface area contributed by atoms with E-state index < -0.39 is 5.91 Å². The van der Waals surface area contributed by atoms with Gasteiger partial charge in [0.2, 0.25) is 0 Å². The van der Waals surface area contributed by atoms with E-state index in [4.69, 9.17) is 5.73 Å². The van der Waals surface area contributed by atoms with Crippen molar-refractivity contribution in [3.05, 3.63) is 17.8 Å². The van der Waals surface area contributed by atoms with Crippen LogP contribution < -0.4 is 10.6 Å². The molecule has 19 heavy (non-hydrogen) atoms. The Balaban J connectivity index is 1.77. The minimum absolute atomic E-state index is 0.220. The van der Waals surface area contributed by atoms with Crippen LogP contribution in [0.15, 0.2) is 12.1 Å². The van der Waals surface area contributed by atoms with Gasteiger partial charge in [0.25, 0.3) is 5.91 Å². The molecule has 1 amide bonds. The summed E-state index contributed by atoms with van der Waals surface area (Å²) >= 11 is 0. The van der Waals surface area contributed by atoms with Crippen molar-refractivity contribution >= 4 is 11.7 Å². The van der Waals surface area contributed by atoms with Gasteiger partial charge in [-0.3, -0.25) is 9.69 Å². The fourth-order valence-electron chi connectivity index (χ4n) is 3.14. The van der Waals surface area contributed by atoms with E-state index in [1.165, 1.54) is 12.8 Å². The van der Waals surface area contributed by atoms with Gasteiger partial charge in [0.1, 0.15) is 0 Å². The molecule has 2 bridgehead atoms. The summed E-state index contributed by atoms with van der Waals surface area (Å²) in [7, 11) is 2.22. The van der Waals surface area contributed by atoms with Crippen molar-refractivity contribution in [2.24, 2.45) is 5.73 Å². The molecule has 3 heterocycles. The molecule has 0 saturated carbocycles. The Morgan fingerprint density at radius 3 is 2.74 bits per heavy atom. The molecule has 2 N–H and O–H groups in total. The number of primary amides is 1. The Morgan fingerprint density at radius 1 is 1.26 bits per heavy atom. The molecule has 2 unspecified atom stereocenters. The van der Waals surface area contributed by atoms with Crippen LogP contribution in [0.4, 0.5) is 5.82 Å². The van der Waals surface area contributed by atoms with E-state index in [2.05, 4.69) is 27.0 Å². The third-order valence-electron chi connectivity index (χ3n) is 4.38. The zero-order chi connectivity index (χ0) is 13.4. The number of likely N-dealkylation sites (N-methyl/N-ethyl adjacent to an activating group) is 1. The number of carbonyl (C=O) groups excluding carboxylic acids is 1. The average Bonchev–Trinajstić information content (AvgIpc) is 2.63. The molecule has 2 saturated heterocycles. The second-order valence-corrected chi connectivity index (χ2v) is 5.43. The van der Waals surface area contributed by atoms with E-state index in [0.717, 1.165) is 25.3 Å². The number of nitrogens with two attached hydrogens (primary N) is 1. The molecular formula is C13H19N5O. The van der Waals surface area contributed by atoms with Crippen LogP contribution in [0.2, 0.25) is 0 Å². The van der Waals surface area contributed by atoms with Crippen LogP contribution in [0.5, 0.6) is 0 Å². The van der Waals surface area contributed by atoms with Gasteiger partial charge in [-0.25, -0.2) is 0 Å². The molecule has 1 aromatic rings. The first-order valence-corrected chi connectivity index (χ1v) is 6.75. The summed E-state index contributed by atoms with van der Waals surface area (Å²) in [6.07, 6.45) is 3.72. The number of anilines is 1. The van der Waals surface area contributed by atoms with Crippen molar-refractivity contribution in [3.8, 4) is 0 Å². The van der Waals surface area contributed by atoms with E-state index >= 15 is 0 Å². The normalized spacial score (nSPS) is 27.3. The highest BCUT2D eigenvalue weighted by molar-refractivity contribution is 5.90. The van der Waals surface area contributed by atoms with Gasteiger partial charge in [-0.15, -0.1) is 10.2 Å². The summed E-state index contributed by atoms with van der Waals surface area (Å²) in [5.74, 6) is 0.305. The highest BCUT2D eigenvalue weighted by atomic mass is 16.1. The molecule has 6 nitrogen and oxygen atoms in total. The summed E-state index contributed by atoms with van der Waals surface area (Å²) in [5, 5.41) is 8.02. The van der Waals surface area contributed by atoms with Crippen LogP contribution in [0.1, 0.15) is 29.8 Å². The van der Waals surface area contributed by atoms with Gasteiger partial charge in [-0.05, 0) is 38.4 Å². The van der Waals surface area contributed by atoms with Gasteiger partial charge in [0.15, 0.2) is 11.5 Å². The maximum Gasteiger partial charge on any atom is 0.269 e. The molecule has 3 rings (SSSR count). The van der Waals surface area contributed by atoms with E-state index in [9.17, 15) is 4.79 Å². The molecule has 6 heteroatoms. The number of hydrogen-bond donors (Lipinski definition) is 1. The van der Waals surface area contributed by atoms with Crippen molar-refractivity contribution in [2.45, 2.75) is 31.3 Å². The number of amides is 1. The Labute approximate surface area is 112 Å². The summed E-state index contributed by atoms with van der Waals surface area (Å²) in [6.45, 7) is 1.98. The maximum absolute atomic E-state index is 11.0. The van der Waals surface area contributed by atoms with Crippen LogP contribution in [0.25, 0.3) is 0 Å². The number of carbonyl (C=O) groups is 1. The zero-order valence-corrected chi connectivity index (χ0v) is 11.1. The molecular weight excluding hydrogens is 242 g/mol. The third-order valence-corrected chi connectivity index (χ3v) is 4.38. The standard InChI is InChI=1S/C13H19N5O/c1-17-9-2-3-10(17)8-18(7-6-9)12-5-4-11(13(14)19)15-16-12/h4-5,9-10H,2-3,6-8H2,1H3,(H2,14,19). The van der Waals surface area contributed by atoms with Crippen molar-refractivity contribution in [1.82, 2.24) is 15.1 Å².